The molecule has 0 aromatic heterocycles. The summed E-state index contributed by atoms with van der Waals surface area (Å²) in [5, 5.41) is 2.98. The second kappa shape index (κ2) is 7.14. The maximum atomic E-state index is 11.3. The van der Waals surface area contributed by atoms with Gasteiger partial charge in [0.05, 0.1) is 12.1 Å². The number of unbranched alkanes of at least 4 members (excludes halogenated alkanes) is 1. The van der Waals surface area contributed by atoms with E-state index in [1.165, 1.54) is 0 Å². The number of amides is 1. The average Bonchev–Trinajstić information content (AvgIpc) is 2.39. The highest BCUT2D eigenvalue weighted by Crippen LogP contribution is 2.17. The van der Waals surface area contributed by atoms with Gasteiger partial charge in [0.15, 0.2) is 0 Å². The second-order valence-corrected chi connectivity index (χ2v) is 5.02. The van der Waals surface area contributed by atoms with Gasteiger partial charge in [-0.15, -0.1) is 0 Å². The first-order valence-electron chi connectivity index (χ1n) is 6.67. The molecule has 3 N–H and O–H groups in total. The number of benzene rings is 1. The summed E-state index contributed by atoms with van der Waals surface area (Å²) < 4.78 is 5.71. The van der Waals surface area contributed by atoms with E-state index >= 15 is 0 Å². The van der Waals surface area contributed by atoms with E-state index < -0.39 is 5.54 Å². The number of carbonyl (C=O) groups excluding carboxylic acids is 1. The van der Waals surface area contributed by atoms with Crippen molar-refractivity contribution in [1.82, 2.24) is 5.32 Å². The van der Waals surface area contributed by atoms with Gasteiger partial charge in [0, 0.05) is 0 Å². The molecule has 19 heavy (non-hydrogen) atoms. The van der Waals surface area contributed by atoms with Crippen LogP contribution in [0.2, 0.25) is 0 Å². The third-order valence-electron chi connectivity index (χ3n) is 3.52. The van der Waals surface area contributed by atoms with Gasteiger partial charge in [-0.2, -0.15) is 0 Å². The summed E-state index contributed by atoms with van der Waals surface area (Å²) in [6, 6.07) is 7.96. The Kier molecular flexibility index (Phi) is 5.83. The van der Waals surface area contributed by atoms with E-state index in [-0.39, 0.29) is 5.91 Å². The summed E-state index contributed by atoms with van der Waals surface area (Å²) >= 11 is 0. The molecule has 1 unspecified atom stereocenters. The van der Waals surface area contributed by atoms with E-state index in [0.717, 1.165) is 30.6 Å². The Balaban J connectivity index is 2.29. The van der Waals surface area contributed by atoms with Gasteiger partial charge in [0.25, 0.3) is 0 Å². The first-order valence-corrected chi connectivity index (χ1v) is 6.67. The van der Waals surface area contributed by atoms with Gasteiger partial charge in [0.2, 0.25) is 5.91 Å². The van der Waals surface area contributed by atoms with Crippen molar-refractivity contribution in [3.8, 4) is 5.75 Å². The van der Waals surface area contributed by atoms with Gasteiger partial charge in [0.1, 0.15) is 5.75 Å². The van der Waals surface area contributed by atoms with Crippen LogP contribution in [-0.2, 0) is 4.79 Å². The van der Waals surface area contributed by atoms with E-state index in [1.54, 1.807) is 7.05 Å². The molecule has 1 atom stereocenters. The van der Waals surface area contributed by atoms with Crippen molar-refractivity contribution < 1.29 is 9.53 Å². The van der Waals surface area contributed by atoms with Crippen LogP contribution in [0.15, 0.2) is 24.3 Å². The molecule has 0 bridgehead atoms. The summed E-state index contributed by atoms with van der Waals surface area (Å²) in [6.07, 6.45) is 2.51. The number of hydrogen-bond acceptors (Lipinski definition) is 3. The van der Waals surface area contributed by atoms with E-state index in [0.29, 0.717) is 6.61 Å². The highest BCUT2D eigenvalue weighted by Gasteiger charge is 2.27. The molecule has 0 saturated heterocycles. The molecule has 0 heterocycles. The number of carbonyl (C=O) groups is 1. The molecular weight excluding hydrogens is 240 g/mol. The Hall–Kier alpha value is -1.55. The smallest absolute Gasteiger partial charge is 0.237 e. The number of nitrogens with one attached hydrogen (secondary N) is 1. The molecule has 1 rings (SSSR count). The first kappa shape index (κ1) is 15.5. The fourth-order valence-electron chi connectivity index (χ4n) is 1.85. The SMILES string of the molecule is CNC(C)(CCCCOc1ccccc1C)C(N)=O. The number of ether oxygens (including phenoxy) is 1. The van der Waals surface area contributed by atoms with Crippen molar-refractivity contribution in [2.24, 2.45) is 5.73 Å². The fraction of sp³-hybridized carbons (Fsp3) is 0.533. The molecule has 0 fully saturated rings. The minimum atomic E-state index is -0.622. The molecule has 0 radical (unpaired) electrons. The number of aryl methyl sites for hydroxylation is 1. The van der Waals surface area contributed by atoms with Gasteiger partial charge in [-0.25, -0.2) is 0 Å². The number of para-hydroxylation sites is 1. The zero-order chi connectivity index (χ0) is 14.3. The normalized spacial score (nSPS) is 13.8. The Bertz CT molecular complexity index is 420. The lowest BCUT2D eigenvalue weighted by atomic mass is 9.94. The van der Waals surface area contributed by atoms with Crippen LogP contribution in [-0.4, -0.2) is 25.1 Å². The third-order valence-corrected chi connectivity index (χ3v) is 3.52. The maximum Gasteiger partial charge on any atom is 0.237 e. The van der Waals surface area contributed by atoms with Gasteiger partial charge >= 0.3 is 0 Å². The lowest BCUT2D eigenvalue weighted by molar-refractivity contribution is -0.123. The van der Waals surface area contributed by atoms with Crippen LogP contribution in [0.25, 0.3) is 0 Å². The molecule has 4 heteroatoms. The Morgan fingerprint density at radius 2 is 2.05 bits per heavy atom. The minimum absolute atomic E-state index is 0.310. The topological polar surface area (TPSA) is 64.3 Å². The molecule has 0 spiro atoms. The first-order chi connectivity index (χ1) is 8.99. The standard InChI is InChI=1S/C15H24N2O2/c1-12-8-4-5-9-13(12)19-11-7-6-10-15(2,17-3)14(16)18/h4-5,8-9,17H,6-7,10-11H2,1-3H3,(H2,16,18). The lowest BCUT2D eigenvalue weighted by Crippen LogP contribution is -2.51. The highest BCUT2D eigenvalue weighted by molar-refractivity contribution is 5.84. The summed E-state index contributed by atoms with van der Waals surface area (Å²) in [5.74, 6) is 0.614. The molecular formula is C15H24N2O2. The van der Waals surface area contributed by atoms with E-state index in [1.807, 2.05) is 38.1 Å². The number of hydrogen-bond donors (Lipinski definition) is 2. The Morgan fingerprint density at radius 3 is 2.63 bits per heavy atom. The molecule has 0 saturated carbocycles. The van der Waals surface area contributed by atoms with Crippen LogP contribution in [0.5, 0.6) is 5.75 Å². The van der Waals surface area contributed by atoms with Crippen LogP contribution in [0.1, 0.15) is 31.7 Å². The zero-order valence-corrected chi connectivity index (χ0v) is 12.0. The largest absolute Gasteiger partial charge is 0.493 e. The second-order valence-electron chi connectivity index (χ2n) is 5.02. The Morgan fingerprint density at radius 1 is 1.37 bits per heavy atom. The number of likely N-dealkylation sites (N-methyl/N-ethyl adjacent to an activating group) is 1. The third kappa shape index (κ3) is 4.56. The van der Waals surface area contributed by atoms with Crippen LogP contribution in [0.3, 0.4) is 0 Å². The molecule has 1 amide bonds. The summed E-state index contributed by atoms with van der Waals surface area (Å²) in [4.78, 5) is 11.3. The van der Waals surface area contributed by atoms with Crippen LogP contribution in [0.4, 0.5) is 0 Å². The van der Waals surface area contributed by atoms with Crippen molar-refractivity contribution in [2.45, 2.75) is 38.6 Å². The van der Waals surface area contributed by atoms with Crippen LogP contribution in [0, 0.1) is 6.92 Å². The fourth-order valence-corrected chi connectivity index (χ4v) is 1.85. The zero-order valence-electron chi connectivity index (χ0n) is 12.0. The van der Waals surface area contributed by atoms with Crippen LogP contribution < -0.4 is 15.8 Å². The van der Waals surface area contributed by atoms with Gasteiger partial charge < -0.3 is 15.8 Å². The predicted molar refractivity (Wildman–Crippen MR) is 77.2 cm³/mol. The maximum absolute atomic E-state index is 11.3. The molecule has 106 valence electrons. The number of rotatable bonds is 8. The predicted octanol–water partition coefficient (Wildman–Crippen LogP) is 2.01. The van der Waals surface area contributed by atoms with Crippen molar-refractivity contribution in [3.05, 3.63) is 29.8 Å². The Labute approximate surface area is 115 Å². The molecule has 0 aliphatic carbocycles. The van der Waals surface area contributed by atoms with Crippen LogP contribution >= 0.6 is 0 Å². The molecule has 0 aliphatic heterocycles. The van der Waals surface area contributed by atoms with E-state index in [9.17, 15) is 4.79 Å². The van der Waals surface area contributed by atoms with Crippen molar-refractivity contribution in [2.75, 3.05) is 13.7 Å². The summed E-state index contributed by atoms with van der Waals surface area (Å²) in [5.41, 5.74) is 5.89. The summed E-state index contributed by atoms with van der Waals surface area (Å²) in [6.45, 7) is 4.52. The van der Waals surface area contributed by atoms with E-state index in [4.69, 9.17) is 10.5 Å². The molecule has 0 aliphatic rings. The van der Waals surface area contributed by atoms with E-state index in [2.05, 4.69) is 5.32 Å². The summed E-state index contributed by atoms with van der Waals surface area (Å²) in [7, 11) is 1.76. The average molecular weight is 264 g/mol. The van der Waals surface area contributed by atoms with Gasteiger partial charge in [-0.3, -0.25) is 4.79 Å². The quantitative estimate of drug-likeness (QED) is 0.706. The minimum Gasteiger partial charge on any atom is -0.493 e. The van der Waals surface area contributed by atoms with Crippen molar-refractivity contribution >= 4 is 5.91 Å². The van der Waals surface area contributed by atoms with Crippen molar-refractivity contribution in [3.63, 3.8) is 0 Å². The number of nitrogens with two attached hydrogens (primary N) is 1. The number of primary amides is 1. The van der Waals surface area contributed by atoms with Crippen molar-refractivity contribution in [1.29, 1.82) is 0 Å². The monoisotopic (exact) mass is 264 g/mol. The van der Waals surface area contributed by atoms with Gasteiger partial charge in [-0.1, -0.05) is 18.2 Å². The highest BCUT2D eigenvalue weighted by atomic mass is 16.5. The molecule has 4 nitrogen and oxygen atoms in total. The molecule has 1 aromatic carbocycles. The molecule has 1 aromatic rings. The van der Waals surface area contributed by atoms with Gasteiger partial charge in [-0.05, 0) is 51.8 Å². The lowest BCUT2D eigenvalue weighted by Gasteiger charge is -2.25.